The predicted molar refractivity (Wildman–Crippen MR) is 71.9 cm³/mol. The summed E-state index contributed by atoms with van der Waals surface area (Å²) in [5.74, 6) is 0.0857. The molecule has 0 aliphatic heterocycles. The van der Waals surface area contributed by atoms with E-state index in [-0.39, 0.29) is 12.2 Å². The molecule has 0 atom stereocenters. The highest BCUT2D eigenvalue weighted by Crippen LogP contribution is 2.33. The summed E-state index contributed by atoms with van der Waals surface area (Å²) in [6, 6.07) is 3.90. The third-order valence-electron chi connectivity index (χ3n) is 2.22. The molecule has 0 amide bonds. The number of benzene rings is 1. The number of allylic oxidation sites excluding steroid dienone is 1. The SMILES string of the molecule is FC(F)=CCCSc1nc2cc(OC(F)(F)F)ccc2s1. The molecule has 0 unspecified atom stereocenters. The Balaban J connectivity index is 2.05. The molecular weight excluding hydrogens is 333 g/mol. The Morgan fingerprint density at radius 2 is 2.10 bits per heavy atom. The first kappa shape index (κ1) is 16.0. The Kier molecular flexibility index (Phi) is 5.04. The normalized spacial score (nSPS) is 11.7. The number of fused-ring (bicyclic) bond motifs is 1. The van der Waals surface area contributed by atoms with Crippen LogP contribution in [0.5, 0.6) is 5.75 Å². The van der Waals surface area contributed by atoms with E-state index in [0.29, 0.717) is 20.3 Å². The van der Waals surface area contributed by atoms with Crippen LogP contribution in [0, 0.1) is 0 Å². The maximum absolute atomic E-state index is 12.1. The van der Waals surface area contributed by atoms with E-state index in [9.17, 15) is 22.0 Å². The lowest BCUT2D eigenvalue weighted by Gasteiger charge is -2.07. The molecule has 1 heterocycles. The van der Waals surface area contributed by atoms with Crippen LogP contribution < -0.4 is 4.74 Å². The number of thioether (sulfide) groups is 1. The summed E-state index contributed by atoms with van der Waals surface area (Å²) in [6.07, 6.45) is -5.46. The minimum atomic E-state index is -4.75. The van der Waals surface area contributed by atoms with Crippen LogP contribution in [0.2, 0.25) is 0 Å². The molecule has 2 rings (SSSR count). The van der Waals surface area contributed by atoms with Crippen molar-refractivity contribution in [3.05, 3.63) is 30.4 Å². The standard InChI is InChI=1S/C12H8F5NOS2/c13-10(14)2-1-5-20-11-18-8-6-7(19-12(15,16)17)3-4-9(8)21-11/h2-4,6H,1,5H2. The van der Waals surface area contributed by atoms with Crippen molar-refractivity contribution in [2.24, 2.45) is 0 Å². The van der Waals surface area contributed by atoms with Gasteiger partial charge in [0.2, 0.25) is 0 Å². The van der Waals surface area contributed by atoms with Gasteiger partial charge in [0.1, 0.15) is 5.75 Å². The van der Waals surface area contributed by atoms with Gasteiger partial charge in [0.25, 0.3) is 6.08 Å². The molecule has 9 heteroatoms. The van der Waals surface area contributed by atoms with E-state index in [4.69, 9.17) is 0 Å². The van der Waals surface area contributed by atoms with Gasteiger partial charge in [-0.25, -0.2) is 4.98 Å². The van der Waals surface area contributed by atoms with E-state index in [1.165, 1.54) is 41.3 Å². The summed E-state index contributed by atoms with van der Waals surface area (Å²) in [6.45, 7) is 0. The largest absolute Gasteiger partial charge is 0.573 e. The lowest BCUT2D eigenvalue weighted by Crippen LogP contribution is -2.16. The van der Waals surface area contributed by atoms with Crippen molar-refractivity contribution in [3.63, 3.8) is 0 Å². The average molecular weight is 341 g/mol. The summed E-state index contributed by atoms with van der Waals surface area (Å²) in [5.41, 5.74) is 0.386. The summed E-state index contributed by atoms with van der Waals surface area (Å²) in [7, 11) is 0. The van der Waals surface area contributed by atoms with Gasteiger partial charge < -0.3 is 4.74 Å². The van der Waals surface area contributed by atoms with Crippen LogP contribution in [0.1, 0.15) is 6.42 Å². The molecular formula is C12H8F5NOS2. The van der Waals surface area contributed by atoms with Gasteiger partial charge in [0, 0.05) is 11.8 Å². The monoisotopic (exact) mass is 341 g/mol. The summed E-state index contributed by atoms with van der Waals surface area (Å²) < 4.78 is 65.1. The molecule has 0 spiro atoms. The Morgan fingerprint density at radius 1 is 1.33 bits per heavy atom. The summed E-state index contributed by atoms with van der Waals surface area (Å²) >= 11 is 2.56. The molecule has 1 aromatic carbocycles. The molecule has 0 aliphatic rings. The van der Waals surface area contributed by atoms with Gasteiger partial charge in [-0.05, 0) is 24.6 Å². The van der Waals surface area contributed by atoms with E-state index in [1.807, 2.05) is 0 Å². The van der Waals surface area contributed by atoms with Gasteiger partial charge in [-0.15, -0.1) is 24.5 Å². The Bertz CT molecular complexity index is 649. The summed E-state index contributed by atoms with van der Waals surface area (Å²) in [4.78, 5) is 4.15. The van der Waals surface area contributed by atoms with E-state index in [1.54, 1.807) is 0 Å². The van der Waals surface area contributed by atoms with Gasteiger partial charge in [-0.2, -0.15) is 8.78 Å². The number of hydrogen-bond donors (Lipinski definition) is 0. The quantitative estimate of drug-likeness (QED) is 0.410. The van der Waals surface area contributed by atoms with E-state index in [2.05, 4.69) is 9.72 Å². The molecule has 0 N–H and O–H groups in total. The Morgan fingerprint density at radius 3 is 2.76 bits per heavy atom. The average Bonchev–Trinajstić information content (AvgIpc) is 2.74. The molecule has 0 bridgehead atoms. The number of rotatable bonds is 5. The molecule has 114 valence electrons. The molecule has 0 saturated heterocycles. The van der Waals surface area contributed by atoms with Crippen molar-refractivity contribution in [1.29, 1.82) is 0 Å². The number of thiazole rings is 1. The number of halogens is 5. The molecule has 2 aromatic rings. The van der Waals surface area contributed by atoms with Crippen molar-refractivity contribution in [1.82, 2.24) is 4.98 Å². The van der Waals surface area contributed by atoms with Crippen LogP contribution in [0.15, 0.2) is 34.7 Å². The van der Waals surface area contributed by atoms with E-state index in [0.717, 1.165) is 6.08 Å². The lowest BCUT2D eigenvalue weighted by molar-refractivity contribution is -0.274. The van der Waals surface area contributed by atoms with Crippen LogP contribution in [0.3, 0.4) is 0 Å². The maximum Gasteiger partial charge on any atom is 0.573 e. The summed E-state index contributed by atoms with van der Waals surface area (Å²) in [5, 5.41) is 0. The van der Waals surface area contributed by atoms with Crippen LogP contribution in [-0.4, -0.2) is 17.1 Å². The molecule has 1 aromatic heterocycles. The Labute approximate surface area is 124 Å². The fourth-order valence-electron chi connectivity index (χ4n) is 1.46. The molecule has 0 fully saturated rings. The van der Waals surface area contributed by atoms with Crippen molar-refractivity contribution in [2.45, 2.75) is 17.1 Å². The Hall–Kier alpha value is -1.35. The molecule has 0 aliphatic carbocycles. The number of hydrogen-bond acceptors (Lipinski definition) is 4. The van der Waals surface area contributed by atoms with Crippen molar-refractivity contribution >= 4 is 33.3 Å². The molecule has 2 nitrogen and oxygen atoms in total. The molecule has 0 saturated carbocycles. The van der Waals surface area contributed by atoms with Crippen LogP contribution >= 0.6 is 23.1 Å². The van der Waals surface area contributed by atoms with E-state index < -0.39 is 12.4 Å². The van der Waals surface area contributed by atoms with Crippen LogP contribution in [0.4, 0.5) is 22.0 Å². The molecule has 0 radical (unpaired) electrons. The third kappa shape index (κ3) is 5.16. The number of aromatic nitrogens is 1. The fraction of sp³-hybridized carbons (Fsp3) is 0.250. The third-order valence-corrected chi connectivity index (χ3v) is 4.43. The van der Waals surface area contributed by atoms with Gasteiger partial charge >= 0.3 is 6.36 Å². The van der Waals surface area contributed by atoms with Gasteiger partial charge in [0.05, 0.1) is 10.2 Å². The van der Waals surface area contributed by atoms with Crippen LogP contribution in [-0.2, 0) is 0 Å². The van der Waals surface area contributed by atoms with Gasteiger partial charge in [0.15, 0.2) is 4.34 Å². The number of ether oxygens (including phenoxy) is 1. The highest BCUT2D eigenvalue weighted by molar-refractivity contribution is 8.01. The van der Waals surface area contributed by atoms with Crippen LogP contribution in [0.25, 0.3) is 10.2 Å². The minimum absolute atomic E-state index is 0.200. The second kappa shape index (κ2) is 6.61. The van der Waals surface area contributed by atoms with E-state index >= 15 is 0 Å². The zero-order valence-corrected chi connectivity index (χ0v) is 11.9. The number of nitrogens with zero attached hydrogens (tertiary/aromatic N) is 1. The first-order valence-electron chi connectivity index (χ1n) is 5.64. The smallest absolute Gasteiger partial charge is 0.406 e. The fourth-order valence-corrected chi connectivity index (χ4v) is 3.46. The van der Waals surface area contributed by atoms with Gasteiger partial charge in [-0.3, -0.25) is 0 Å². The lowest BCUT2D eigenvalue weighted by atomic mass is 10.3. The highest BCUT2D eigenvalue weighted by Gasteiger charge is 2.31. The second-order valence-electron chi connectivity index (χ2n) is 3.79. The zero-order valence-electron chi connectivity index (χ0n) is 10.3. The first-order valence-corrected chi connectivity index (χ1v) is 7.44. The maximum atomic E-state index is 12.1. The van der Waals surface area contributed by atoms with Crippen molar-refractivity contribution in [2.75, 3.05) is 5.75 Å². The number of alkyl halides is 3. The van der Waals surface area contributed by atoms with Gasteiger partial charge in [-0.1, -0.05) is 11.8 Å². The predicted octanol–water partition coefficient (Wildman–Crippen LogP) is 5.46. The molecule has 21 heavy (non-hydrogen) atoms. The van der Waals surface area contributed by atoms with Crippen molar-refractivity contribution < 1.29 is 26.7 Å². The zero-order chi connectivity index (χ0) is 15.5. The minimum Gasteiger partial charge on any atom is -0.406 e. The van der Waals surface area contributed by atoms with Crippen molar-refractivity contribution in [3.8, 4) is 5.75 Å². The highest BCUT2D eigenvalue weighted by atomic mass is 32.2. The first-order chi connectivity index (χ1) is 9.83. The topological polar surface area (TPSA) is 22.1 Å². The second-order valence-corrected chi connectivity index (χ2v) is 6.16.